The van der Waals surface area contributed by atoms with Gasteiger partial charge in [0.1, 0.15) is 0 Å². The van der Waals surface area contributed by atoms with Crippen LogP contribution in [-0.4, -0.2) is 54.0 Å². The first-order chi connectivity index (χ1) is 8.61. The summed E-state index contributed by atoms with van der Waals surface area (Å²) >= 11 is 0. The molecule has 18 heavy (non-hydrogen) atoms. The van der Waals surface area contributed by atoms with Crippen LogP contribution in [0.3, 0.4) is 0 Å². The Kier molecular flexibility index (Phi) is 2.79. The summed E-state index contributed by atoms with van der Waals surface area (Å²) < 4.78 is 11.2. The van der Waals surface area contributed by atoms with Crippen LogP contribution in [0, 0.1) is 11.8 Å². The Morgan fingerprint density at radius 1 is 1.11 bits per heavy atom. The lowest BCUT2D eigenvalue weighted by Gasteiger charge is -2.37. The molecule has 6 nitrogen and oxygen atoms in total. The SMILES string of the molecule is O=C(O)[C@H]1C[C@H]1C(=O)N1CCC2(CC1)OCCO2. The minimum Gasteiger partial charge on any atom is -0.481 e. The normalized spacial score (nSPS) is 33.7. The molecule has 0 aromatic rings. The summed E-state index contributed by atoms with van der Waals surface area (Å²) in [5.74, 6) is -2.12. The number of carboxylic acid groups (broad SMARTS) is 1. The van der Waals surface area contributed by atoms with Crippen LogP contribution < -0.4 is 0 Å². The molecule has 1 saturated carbocycles. The van der Waals surface area contributed by atoms with Crippen molar-refractivity contribution in [3.05, 3.63) is 0 Å². The van der Waals surface area contributed by atoms with E-state index in [2.05, 4.69) is 0 Å². The lowest BCUT2D eigenvalue weighted by molar-refractivity contribution is -0.188. The topological polar surface area (TPSA) is 76.1 Å². The number of hydrogen-bond donors (Lipinski definition) is 1. The van der Waals surface area contributed by atoms with Gasteiger partial charge in [0.15, 0.2) is 5.79 Å². The molecule has 0 bridgehead atoms. The lowest BCUT2D eigenvalue weighted by atomic mass is 10.0. The predicted octanol–water partition coefficient (Wildman–Crippen LogP) is 0.0726. The van der Waals surface area contributed by atoms with Gasteiger partial charge in [-0.1, -0.05) is 0 Å². The molecule has 1 amide bonds. The first-order valence-corrected chi connectivity index (χ1v) is 6.41. The molecule has 0 aromatic carbocycles. The number of rotatable bonds is 2. The summed E-state index contributed by atoms with van der Waals surface area (Å²) in [5.41, 5.74) is 0. The monoisotopic (exact) mass is 255 g/mol. The quantitative estimate of drug-likeness (QED) is 0.755. The van der Waals surface area contributed by atoms with Crippen LogP contribution >= 0.6 is 0 Å². The number of hydrogen-bond acceptors (Lipinski definition) is 4. The second-order valence-corrected chi connectivity index (χ2v) is 5.22. The van der Waals surface area contributed by atoms with Gasteiger partial charge in [-0.3, -0.25) is 9.59 Å². The molecule has 0 radical (unpaired) electrons. The van der Waals surface area contributed by atoms with E-state index in [1.807, 2.05) is 0 Å². The van der Waals surface area contributed by atoms with Gasteiger partial charge in [0, 0.05) is 25.9 Å². The van der Waals surface area contributed by atoms with Crippen molar-refractivity contribution < 1.29 is 24.2 Å². The van der Waals surface area contributed by atoms with Crippen LogP contribution in [0.25, 0.3) is 0 Å². The highest BCUT2D eigenvalue weighted by atomic mass is 16.7. The van der Waals surface area contributed by atoms with E-state index in [1.165, 1.54) is 0 Å². The van der Waals surface area contributed by atoms with Gasteiger partial charge in [-0.2, -0.15) is 0 Å². The first-order valence-electron chi connectivity index (χ1n) is 6.41. The Labute approximate surface area is 105 Å². The molecule has 100 valence electrons. The van der Waals surface area contributed by atoms with Crippen molar-refractivity contribution in [3.63, 3.8) is 0 Å². The third-order valence-corrected chi connectivity index (χ3v) is 4.08. The van der Waals surface area contributed by atoms with E-state index in [9.17, 15) is 9.59 Å². The summed E-state index contributed by atoms with van der Waals surface area (Å²) in [6.07, 6.45) is 1.86. The third-order valence-electron chi connectivity index (χ3n) is 4.08. The summed E-state index contributed by atoms with van der Waals surface area (Å²) in [6.45, 7) is 2.44. The molecule has 1 aliphatic carbocycles. The van der Waals surface area contributed by atoms with E-state index >= 15 is 0 Å². The molecular formula is C12H17NO5. The van der Waals surface area contributed by atoms with Crippen molar-refractivity contribution >= 4 is 11.9 Å². The molecule has 0 unspecified atom stereocenters. The van der Waals surface area contributed by atoms with Crippen LogP contribution in [0.4, 0.5) is 0 Å². The highest BCUT2D eigenvalue weighted by Crippen LogP contribution is 2.41. The summed E-state index contributed by atoms with van der Waals surface area (Å²) in [6, 6.07) is 0. The molecule has 1 N–H and O–H groups in total. The van der Waals surface area contributed by atoms with Crippen molar-refractivity contribution in [2.24, 2.45) is 11.8 Å². The fourth-order valence-corrected chi connectivity index (χ4v) is 2.83. The van der Waals surface area contributed by atoms with Crippen LogP contribution in [0.2, 0.25) is 0 Å². The van der Waals surface area contributed by atoms with Gasteiger partial charge in [-0.15, -0.1) is 0 Å². The third kappa shape index (κ3) is 1.99. The molecule has 2 heterocycles. The highest BCUT2D eigenvalue weighted by molar-refractivity contribution is 5.89. The first kappa shape index (κ1) is 11.9. The van der Waals surface area contributed by atoms with Crippen molar-refractivity contribution in [3.8, 4) is 0 Å². The Morgan fingerprint density at radius 3 is 2.22 bits per heavy atom. The zero-order valence-electron chi connectivity index (χ0n) is 10.1. The van der Waals surface area contributed by atoms with Crippen molar-refractivity contribution in [2.75, 3.05) is 26.3 Å². The van der Waals surface area contributed by atoms with Crippen molar-refractivity contribution in [1.29, 1.82) is 0 Å². The Balaban J connectivity index is 1.54. The zero-order valence-corrected chi connectivity index (χ0v) is 10.1. The molecule has 3 aliphatic rings. The number of piperidine rings is 1. The predicted molar refractivity (Wildman–Crippen MR) is 59.7 cm³/mol. The van der Waals surface area contributed by atoms with Gasteiger partial charge in [-0.05, 0) is 6.42 Å². The zero-order chi connectivity index (χ0) is 12.8. The average molecular weight is 255 g/mol. The molecule has 3 rings (SSSR count). The molecule has 2 atom stereocenters. The van der Waals surface area contributed by atoms with Crippen molar-refractivity contribution in [2.45, 2.75) is 25.0 Å². The summed E-state index contributed by atoms with van der Waals surface area (Å²) in [4.78, 5) is 24.6. The largest absolute Gasteiger partial charge is 0.481 e. The molecule has 6 heteroatoms. The fraction of sp³-hybridized carbons (Fsp3) is 0.833. The van der Waals surface area contributed by atoms with Crippen LogP contribution in [0.5, 0.6) is 0 Å². The smallest absolute Gasteiger partial charge is 0.307 e. The van der Waals surface area contributed by atoms with Gasteiger partial charge < -0.3 is 19.5 Å². The van der Waals surface area contributed by atoms with E-state index in [-0.39, 0.29) is 11.8 Å². The maximum Gasteiger partial charge on any atom is 0.307 e. The average Bonchev–Trinajstić information content (AvgIpc) is 3.06. The number of aliphatic carboxylic acids is 1. The minimum atomic E-state index is -0.857. The maximum atomic E-state index is 12.1. The summed E-state index contributed by atoms with van der Waals surface area (Å²) in [7, 11) is 0. The number of nitrogens with zero attached hydrogens (tertiary/aromatic N) is 1. The van der Waals surface area contributed by atoms with E-state index in [4.69, 9.17) is 14.6 Å². The van der Waals surface area contributed by atoms with E-state index in [0.29, 0.717) is 45.6 Å². The number of carboxylic acids is 1. The maximum absolute atomic E-state index is 12.1. The Hall–Kier alpha value is -1.14. The number of likely N-dealkylation sites (tertiary alicyclic amines) is 1. The molecule has 2 aliphatic heterocycles. The number of carbonyl (C=O) groups is 2. The second-order valence-electron chi connectivity index (χ2n) is 5.22. The Bertz CT molecular complexity index is 367. The highest BCUT2D eigenvalue weighted by Gasteiger charge is 2.51. The second kappa shape index (κ2) is 4.20. The van der Waals surface area contributed by atoms with Gasteiger partial charge in [-0.25, -0.2) is 0 Å². The number of carbonyl (C=O) groups excluding carboxylic acids is 1. The van der Waals surface area contributed by atoms with Crippen LogP contribution in [0.15, 0.2) is 0 Å². The van der Waals surface area contributed by atoms with Crippen LogP contribution in [0.1, 0.15) is 19.3 Å². The van der Waals surface area contributed by atoms with Crippen LogP contribution in [-0.2, 0) is 19.1 Å². The van der Waals surface area contributed by atoms with E-state index in [0.717, 1.165) is 0 Å². The number of ether oxygens (including phenoxy) is 2. The van der Waals surface area contributed by atoms with Gasteiger partial charge in [0.05, 0.1) is 25.0 Å². The fourth-order valence-electron chi connectivity index (χ4n) is 2.83. The molecular weight excluding hydrogens is 238 g/mol. The Morgan fingerprint density at radius 2 is 1.72 bits per heavy atom. The summed E-state index contributed by atoms with van der Waals surface area (Å²) in [5, 5.41) is 8.83. The standard InChI is InChI=1S/C12H17NO5/c14-10(8-7-9(8)11(15)16)13-3-1-12(2-4-13)17-5-6-18-12/h8-9H,1-7H2,(H,15,16)/t8-,9+/m1/s1. The van der Waals surface area contributed by atoms with Gasteiger partial charge in [0.2, 0.25) is 5.91 Å². The van der Waals surface area contributed by atoms with Crippen molar-refractivity contribution in [1.82, 2.24) is 4.90 Å². The molecule has 1 spiro atoms. The molecule has 2 saturated heterocycles. The minimum absolute atomic E-state index is 0.0183. The molecule has 3 fully saturated rings. The van der Waals surface area contributed by atoms with E-state index < -0.39 is 17.7 Å². The van der Waals surface area contributed by atoms with Gasteiger partial charge in [0.25, 0.3) is 0 Å². The van der Waals surface area contributed by atoms with Gasteiger partial charge >= 0.3 is 5.97 Å². The van der Waals surface area contributed by atoms with E-state index in [1.54, 1.807) is 4.90 Å². The lowest BCUT2D eigenvalue weighted by Crippen LogP contribution is -2.48. The molecule has 0 aromatic heterocycles. The number of amides is 1.